The minimum Gasteiger partial charge on any atom is -0.335 e. The van der Waals surface area contributed by atoms with Gasteiger partial charge in [-0.15, -0.1) is 0 Å². The first-order valence-electron chi connectivity index (χ1n) is 7.20. The van der Waals surface area contributed by atoms with Gasteiger partial charge in [-0.2, -0.15) is 0 Å². The van der Waals surface area contributed by atoms with Crippen LogP contribution in [0.2, 0.25) is 0 Å². The van der Waals surface area contributed by atoms with E-state index in [4.69, 9.17) is 0 Å². The van der Waals surface area contributed by atoms with E-state index in [1.807, 2.05) is 31.2 Å². The van der Waals surface area contributed by atoms with Crippen LogP contribution in [0.5, 0.6) is 0 Å². The van der Waals surface area contributed by atoms with Gasteiger partial charge in [0, 0.05) is 17.5 Å². The highest BCUT2D eigenvalue weighted by Crippen LogP contribution is 2.46. The number of non-ortho nitro benzene ring substituents is 1. The van der Waals surface area contributed by atoms with Crippen molar-refractivity contribution in [2.45, 2.75) is 11.8 Å². The fourth-order valence-corrected chi connectivity index (χ4v) is 3.72. The van der Waals surface area contributed by atoms with E-state index in [1.54, 1.807) is 6.08 Å². The number of nitrogens with zero attached hydrogens (tertiary/aromatic N) is 3. The summed E-state index contributed by atoms with van der Waals surface area (Å²) in [6, 6.07) is 11.6. The molecule has 3 rings (SSSR count). The van der Waals surface area contributed by atoms with Gasteiger partial charge >= 0.3 is 0 Å². The molecule has 0 atom stereocenters. The van der Waals surface area contributed by atoms with E-state index in [2.05, 4.69) is 4.90 Å². The summed E-state index contributed by atoms with van der Waals surface area (Å²) in [7, 11) is 0. The van der Waals surface area contributed by atoms with E-state index in [1.165, 1.54) is 23.9 Å². The molecular weight excluding hydrogens is 330 g/mol. The van der Waals surface area contributed by atoms with Gasteiger partial charge in [0.15, 0.2) is 0 Å². The molecule has 2 aromatic rings. The molecule has 24 heavy (non-hydrogen) atoms. The molecule has 0 aliphatic carbocycles. The van der Waals surface area contributed by atoms with E-state index in [9.17, 15) is 20.2 Å². The minimum absolute atomic E-state index is 0.274. The van der Waals surface area contributed by atoms with Crippen molar-refractivity contribution in [1.82, 2.24) is 0 Å². The highest BCUT2D eigenvalue weighted by Gasteiger charge is 2.25. The maximum atomic E-state index is 11.3. The van der Waals surface area contributed by atoms with Gasteiger partial charge in [-0.1, -0.05) is 23.9 Å². The van der Waals surface area contributed by atoms with Crippen molar-refractivity contribution in [2.24, 2.45) is 0 Å². The van der Waals surface area contributed by atoms with Crippen LogP contribution in [0.3, 0.4) is 0 Å². The maximum absolute atomic E-state index is 11.3. The van der Waals surface area contributed by atoms with Crippen LogP contribution in [0.25, 0.3) is 6.08 Å². The highest BCUT2D eigenvalue weighted by molar-refractivity contribution is 8.03. The Balaban J connectivity index is 2.06. The topological polar surface area (TPSA) is 89.5 Å². The summed E-state index contributed by atoms with van der Waals surface area (Å²) < 4.78 is 0. The minimum atomic E-state index is -0.636. The van der Waals surface area contributed by atoms with Crippen LogP contribution in [-0.2, 0) is 0 Å². The third kappa shape index (κ3) is 2.83. The summed E-state index contributed by atoms with van der Waals surface area (Å²) in [4.78, 5) is 24.0. The fraction of sp³-hybridized carbons (Fsp3) is 0.125. The molecule has 0 saturated heterocycles. The predicted octanol–water partition coefficient (Wildman–Crippen LogP) is 4.43. The van der Waals surface area contributed by atoms with Crippen molar-refractivity contribution in [3.8, 4) is 0 Å². The number of anilines is 1. The van der Waals surface area contributed by atoms with E-state index in [-0.39, 0.29) is 11.4 Å². The summed E-state index contributed by atoms with van der Waals surface area (Å²) >= 11 is 1.53. The van der Waals surface area contributed by atoms with E-state index >= 15 is 0 Å². The molecule has 0 aromatic heterocycles. The van der Waals surface area contributed by atoms with E-state index in [0.29, 0.717) is 5.56 Å². The average molecular weight is 343 g/mol. The summed E-state index contributed by atoms with van der Waals surface area (Å²) in [6.45, 7) is 2.72. The largest absolute Gasteiger partial charge is 0.335 e. The first kappa shape index (κ1) is 16.0. The smallest absolute Gasteiger partial charge is 0.283 e. The second-order valence-electron chi connectivity index (χ2n) is 5.05. The third-order valence-electron chi connectivity index (χ3n) is 3.65. The number of hydrogen-bond acceptors (Lipinski definition) is 6. The van der Waals surface area contributed by atoms with Gasteiger partial charge < -0.3 is 4.90 Å². The molecule has 0 amide bonds. The molecule has 8 heteroatoms. The number of benzene rings is 2. The molecule has 1 heterocycles. The van der Waals surface area contributed by atoms with Gasteiger partial charge in [-0.3, -0.25) is 20.2 Å². The zero-order valence-corrected chi connectivity index (χ0v) is 13.5. The van der Waals surface area contributed by atoms with Crippen molar-refractivity contribution < 1.29 is 9.85 Å². The van der Waals surface area contributed by atoms with Gasteiger partial charge in [0.2, 0.25) is 0 Å². The van der Waals surface area contributed by atoms with Gasteiger partial charge in [0.25, 0.3) is 11.4 Å². The Labute approximate surface area is 141 Å². The Morgan fingerprint density at radius 3 is 2.54 bits per heavy atom. The highest BCUT2D eigenvalue weighted by atomic mass is 32.2. The Bertz CT molecular complexity index is 866. The zero-order chi connectivity index (χ0) is 17.3. The first-order valence-corrected chi connectivity index (χ1v) is 8.02. The summed E-state index contributed by atoms with van der Waals surface area (Å²) in [5.74, 6) is 0. The summed E-state index contributed by atoms with van der Waals surface area (Å²) in [6.07, 6.45) is 1.70. The van der Waals surface area contributed by atoms with Crippen LogP contribution in [-0.4, -0.2) is 16.4 Å². The van der Waals surface area contributed by atoms with Gasteiger partial charge in [0.05, 0.1) is 32.2 Å². The third-order valence-corrected chi connectivity index (χ3v) is 4.77. The van der Waals surface area contributed by atoms with Crippen LogP contribution in [0.1, 0.15) is 12.5 Å². The van der Waals surface area contributed by atoms with Crippen LogP contribution < -0.4 is 4.90 Å². The van der Waals surface area contributed by atoms with Crippen LogP contribution in [0.4, 0.5) is 17.1 Å². The molecule has 0 radical (unpaired) electrons. The lowest BCUT2D eigenvalue weighted by Gasteiger charge is -2.17. The molecule has 0 spiro atoms. The summed E-state index contributed by atoms with van der Waals surface area (Å²) in [5.41, 5.74) is 0.836. The number of nitro groups is 2. The average Bonchev–Trinajstić information content (AvgIpc) is 2.91. The fourth-order valence-electron chi connectivity index (χ4n) is 2.55. The molecule has 0 bridgehead atoms. The first-order chi connectivity index (χ1) is 11.5. The standard InChI is InChI=1S/C16H13N3O4S/c1-2-17-13-5-3-4-6-15(13)24-16(17)9-11-7-8-12(18(20)21)10-14(11)19(22)23/h3-10H,2H2,1H3/b16-9+. The van der Waals surface area contributed by atoms with Crippen LogP contribution in [0, 0.1) is 20.2 Å². The molecule has 0 saturated carbocycles. The lowest BCUT2D eigenvalue weighted by atomic mass is 10.1. The molecule has 7 nitrogen and oxygen atoms in total. The summed E-state index contributed by atoms with van der Waals surface area (Å²) in [5, 5.41) is 23.0. The van der Waals surface area contributed by atoms with Crippen molar-refractivity contribution in [2.75, 3.05) is 11.4 Å². The molecular formula is C16H13N3O4S. The zero-order valence-electron chi connectivity index (χ0n) is 12.7. The van der Waals surface area contributed by atoms with Gasteiger partial charge in [0.1, 0.15) is 0 Å². The van der Waals surface area contributed by atoms with Crippen molar-refractivity contribution in [1.29, 1.82) is 0 Å². The second-order valence-corrected chi connectivity index (χ2v) is 6.12. The van der Waals surface area contributed by atoms with Gasteiger partial charge in [-0.05, 0) is 31.2 Å². The second kappa shape index (κ2) is 6.32. The van der Waals surface area contributed by atoms with Crippen molar-refractivity contribution in [3.63, 3.8) is 0 Å². The number of para-hydroxylation sites is 1. The molecule has 0 unspecified atom stereocenters. The Kier molecular flexibility index (Phi) is 4.22. The molecule has 1 aliphatic heterocycles. The molecule has 0 N–H and O–H groups in total. The quantitative estimate of drug-likeness (QED) is 0.602. The monoisotopic (exact) mass is 343 g/mol. The van der Waals surface area contributed by atoms with E-state index < -0.39 is 9.85 Å². The number of nitro benzene ring substituents is 2. The number of thioether (sulfide) groups is 1. The maximum Gasteiger partial charge on any atom is 0.283 e. The molecule has 2 aromatic carbocycles. The molecule has 1 aliphatic rings. The molecule has 0 fully saturated rings. The Morgan fingerprint density at radius 2 is 1.88 bits per heavy atom. The lowest BCUT2D eigenvalue weighted by Crippen LogP contribution is -2.16. The number of rotatable bonds is 4. The van der Waals surface area contributed by atoms with Crippen molar-refractivity contribution in [3.05, 3.63) is 73.3 Å². The lowest BCUT2D eigenvalue weighted by molar-refractivity contribution is -0.394. The SMILES string of the molecule is CCN1/C(=C\c2ccc([N+](=O)[O-])cc2[N+](=O)[O-])Sc2ccccc21. The van der Waals surface area contributed by atoms with Crippen LogP contribution in [0.15, 0.2) is 52.4 Å². The predicted molar refractivity (Wildman–Crippen MR) is 93.0 cm³/mol. The molecule has 122 valence electrons. The van der Waals surface area contributed by atoms with Crippen LogP contribution >= 0.6 is 11.8 Å². The van der Waals surface area contributed by atoms with Crippen molar-refractivity contribution >= 4 is 34.9 Å². The van der Waals surface area contributed by atoms with Gasteiger partial charge in [-0.25, -0.2) is 0 Å². The van der Waals surface area contributed by atoms with E-state index in [0.717, 1.165) is 28.2 Å². The Hall–Kier alpha value is -2.87. The normalized spacial score (nSPS) is 14.7. The number of hydrogen-bond donors (Lipinski definition) is 0. The Morgan fingerprint density at radius 1 is 1.12 bits per heavy atom. The number of fused-ring (bicyclic) bond motifs is 1.